The Morgan fingerprint density at radius 2 is 2.27 bits per heavy atom. The van der Waals surface area contributed by atoms with Crippen molar-refractivity contribution in [3.8, 4) is 5.88 Å². The summed E-state index contributed by atoms with van der Waals surface area (Å²) in [7, 11) is 3.83. The molecule has 0 N–H and O–H groups in total. The number of nitrogens with zero attached hydrogens (tertiary/aromatic N) is 4. The lowest BCUT2D eigenvalue weighted by atomic mass is 10.1. The molecule has 1 fully saturated rings. The molecule has 1 saturated heterocycles. The highest BCUT2D eigenvalue weighted by Crippen LogP contribution is 2.18. The Hall–Kier alpha value is -1.56. The average Bonchev–Trinajstić information content (AvgIpc) is 2.53. The summed E-state index contributed by atoms with van der Waals surface area (Å²) in [6, 6.07) is 3.69. The van der Waals surface area contributed by atoms with Gasteiger partial charge in [-0.2, -0.15) is 0 Å². The number of alkyl halides is 1. The van der Waals surface area contributed by atoms with Crippen LogP contribution in [-0.2, 0) is 4.79 Å². The zero-order valence-corrected chi connectivity index (χ0v) is 13.9. The molecule has 0 spiro atoms. The van der Waals surface area contributed by atoms with Gasteiger partial charge < -0.3 is 14.5 Å². The Labute approximate surface area is 136 Å². The van der Waals surface area contributed by atoms with Crippen molar-refractivity contribution in [2.75, 3.05) is 38.0 Å². The van der Waals surface area contributed by atoms with Crippen LogP contribution in [0.4, 0.5) is 5.82 Å². The molecule has 1 aromatic heterocycles. The Morgan fingerprint density at radius 3 is 2.91 bits per heavy atom. The van der Waals surface area contributed by atoms with Gasteiger partial charge in [-0.3, -0.25) is 4.79 Å². The molecule has 1 aromatic rings. The van der Waals surface area contributed by atoms with Crippen LogP contribution < -0.4 is 9.64 Å². The number of likely N-dealkylation sites (tertiary alicyclic amines) is 1. The minimum atomic E-state index is -0.0202. The fourth-order valence-corrected chi connectivity index (χ4v) is 2.56. The number of carbonyl (C=O) groups is 1. The molecule has 2 heterocycles. The second-order valence-corrected chi connectivity index (χ2v) is 6.02. The van der Waals surface area contributed by atoms with Crippen LogP contribution in [0.15, 0.2) is 12.1 Å². The summed E-state index contributed by atoms with van der Waals surface area (Å²) in [4.78, 5) is 15.8. The van der Waals surface area contributed by atoms with E-state index in [1.807, 2.05) is 36.0 Å². The Bertz CT molecular complexity index is 481. The first-order chi connectivity index (χ1) is 10.6. The molecule has 0 aromatic carbocycles. The maximum absolute atomic E-state index is 12.1. The van der Waals surface area contributed by atoms with Crippen molar-refractivity contribution < 1.29 is 9.53 Å². The lowest BCUT2D eigenvalue weighted by Crippen LogP contribution is -2.44. The Morgan fingerprint density at radius 1 is 1.45 bits per heavy atom. The summed E-state index contributed by atoms with van der Waals surface area (Å²) >= 11 is 5.64. The van der Waals surface area contributed by atoms with Crippen LogP contribution in [0, 0.1) is 0 Å². The number of piperidine rings is 1. The molecule has 1 aliphatic heterocycles. The molecular formula is C15H23ClN4O2. The third-order valence-electron chi connectivity index (χ3n) is 3.63. The number of ether oxygens (including phenoxy) is 1. The number of rotatable bonds is 6. The fourth-order valence-electron chi connectivity index (χ4n) is 2.42. The van der Waals surface area contributed by atoms with Crippen molar-refractivity contribution >= 4 is 23.3 Å². The van der Waals surface area contributed by atoms with Crippen LogP contribution in [0.2, 0.25) is 0 Å². The first-order valence-electron chi connectivity index (χ1n) is 7.61. The normalized spacial score (nSPS) is 18.1. The summed E-state index contributed by atoms with van der Waals surface area (Å²) in [6.07, 6.45) is 3.08. The zero-order chi connectivity index (χ0) is 15.9. The summed E-state index contributed by atoms with van der Waals surface area (Å²) in [5.41, 5.74) is 0. The molecule has 6 nitrogen and oxygen atoms in total. The molecule has 7 heteroatoms. The van der Waals surface area contributed by atoms with Crippen molar-refractivity contribution in [2.24, 2.45) is 0 Å². The third-order valence-corrected chi connectivity index (χ3v) is 3.89. The van der Waals surface area contributed by atoms with E-state index in [1.165, 1.54) is 0 Å². The summed E-state index contributed by atoms with van der Waals surface area (Å²) < 4.78 is 5.86. The number of aromatic nitrogens is 2. The van der Waals surface area contributed by atoms with E-state index < -0.39 is 0 Å². The van der Waals surface area contributed by atoms with Gasteiger partial charge in [0.1, 0.15) is 6.10 Å². The summed E-state index contributed by atoms with van der Waals surface area (Å²) in [6.45, 7) is 1.41. The topological polar surface area (TPSA) is 58.6 Å². The second kappa shape index (κ2) is 8.17. The number of anilines is 1. The van der Waals surface area contributed by atoms with Gasteiger partial charge in [-0.25, -0.2) is 0 Å². The average molecular weight is 327 g/mol. The fraction of sp³-hybridized carbons (Fsp3) is 0.667. The van der Waals surface area contributed by atoms with Gasteiger partial charge >= 0.3 is 0 Å². The smallest absolute Gasteiger partial charge is 0.233 e. The van der Waals surface area contributed by atoms with E-state index in [9.17, 15) is 4.79 Å². The van der Waals surface area contributed by atoms with E-state index in [2.05, 4.69) is 10.2 Å². The number of halogens is 1. The molecule has 1 atom stereocenters. The van der Waals surface area contributed by atoms with E-state index in [0.717, 1.165) is 31.6 Å². The number of amides is 1. The third kappa shape index (κ3) is 4.73. The minimum Gasteiger partial charge on any atom is -0.471 e. The van der Waals surface area contributed by atoms with Gasteiger partial charge in [-0.15, -0.1) is 21.8 Å². The van der Waals surface area contributed by atoms with Crippen molar-refractivity contribution in [2.45, 2.75) is 31.8 Å². The maximum atomic E-state index is 12.1. The van der Waals surface area contributed by atoms with Gasteiger partial charge in [0.05, 0.1) is 6.54 Å². The molecule has 0 bridgehead atoms. The van der Waals surface area contributed by atoms with E-state index >= 15 is 0 Å². The van der Waals surface area contributed by atoms with Gasteiger partial charge in [0.2, 0.25) is 11.8 Å². The summed E-state index contributed by atoms with van der Waals surface area (Å²) in [5.74, 6) is 1.97. The molecule has 0 aliphatic carbocycles. The van der Waals surface area contributed by atoms with Gasteiger partial charge in [0.15, 0.2) is 5.82 Å². The Balaban J connectivity index is 1.88. The van der Waals surface area contributed by atoms with Gasteiger partial charge in [0, 0.05) is 39.0 Å². The lowest BCUT2D eigenvalue weighted by molar-refractivity contribution is -0.133. The SMILES string of the molecule is CN(C)c1ccc(OC2CCCN(C(=O)CCCCl)C2)nn1. The molecule has 1 unspecified atom stereocenters. The Kier molecular flexibility index (Phi) is 6.24. The van der Waals surface area contributed by atoms with Crippen LogP contribution in [0.25, 0.3) is 0 Å². The number of hydrogen-bond donors (Lipinski definition) is 0. The molecule has 0 radical (unpaired) electrons. The zero-order valence-electron chi connectivity index (χ0n) is 13.2. The van der Waals surface area contributed by atoms with Gasteiger partial charge in [-0.05, 0) is 25.3 Å². The number of carbonyl (C=O) groups excluding carboxylic acids is 1. The van der Waals surface area contributed by atoms with Crippen molar-refractivity contribution in [3.63, 3.8) is 0 Å². The second-order valence-electron chi connectivity index (χ2n) is 5.64. The van der Waals surface area contributed by atoms with Crippen LogP contribution in [0.1, 0.15) is 25.7 Å². The molecule has 22 heavy (non-hydrogen) atoms. The molecule has 2 rings (SSSR count). The minimum absolute atomic E-state index is 0.0202. The van der Waals surface area contributed by atoms with E-state index in [-0.39, 0.29) is 12.0 Å². The van der Waals surface area contributed by atoms with Crippen LogP contribution >= 0.6 is 11.6 Å². The lowest BCUT2D eigenvalue weighted by Gasteiger charge is -2.32. The van der Waals surface area contributed by atoms with Crippen molar-refractivity contribution in [3.05, 3.63) is 12.1 Å². The predicted octanol–water partition coefficient (Wildman–Crippen LogP) is 1.93. The quantitative estimate of drug-likeness (QED) is 0.748. The van der Waals surface area contributed by atoms with Crippen LogP contribution in [-0.4, -0.2) is 60.2 Å². The highest BCUT2D eigenvalue weighted by molar-refractivity contribution is 6.17. The van der Waals surface area contributed by atoms with E-state index in [0.29, 0.717) is 24.7 Å². The van der Waals surface area contributed by atoms with Crippen molar-refractivity contribution in [1.29, 1.82) is 0 Å². The summed E-state index contributed by atoms with van der Waals surface area (Å²) in [5, 5.41) is 8.17. The first-order valence-corrected chi connectivity index (χ1v) is 8.15. The monoisotopic (exact) mass is 326 g/mol. The molecule has 1 aliphatic rings. The predicted molar refractivity (Wildman–Crippen MR) is 86.5 cm³/mol. The molecular weight excluding hydrogens is 304 g/mol. The molecule has 122 valence electrons. The van der Waals surface area contributed by atoms with E-state index in [4.69, 9.17) is 16.3 Å². The van der Waals surface area contributed by atoms with Crippen LogP contribution in [0.5, 0.6) is 5.88 Å². The van der Waals surface area contributed by atoms with Gasteiger partial charge in [-0.1, -0.05) is 0 Å². The first kappa shape index (κ1) is 16.8. The van der Waals surface area contributed by atoms with Gasteiger partial charge in [0.25, 0.3) is 0 Å². The molecule has 0 saturated carbocycles. The number of hydrogen-bond acceptors (Lipinski definition) is 5. The van der Waals surface area contributed by atoms with E-state index in [1.54, 1.807) is 0 Å². The largest absolute Gasteiger partial charge is 0.471 e. The molecule has 1 amide bonds. The van der Waals surface area contributed by atoms with Crippen LogP contribution in [0.3, 0.4) is 0 Å². The standard InChI is InChI=1S/C15H23ClN4O2/c1-19(2)13-7-8-14(18-17-13)22-12-5-4-10-20(11-12)15(21)6-3-9-16/h7-8,12H,3-6,9-11H2,1-2H3. The highest BCUT2D eigenvalue weighted by atomic mass is 35.5. The maximum Gasteiger partial charge on any atom is 0.233 e. The highest BCUT2D eigenvalue weighted by Gasteiger charge is 2.24. The van der Waals surface area contributed by atoms with Crippen molar-refractivity contribution in [1.82, 2.24) is 15.1 Å².